The Morgan fingerprint density at radius 2 is 2.38 bits per heavy atom. The Morgan fingerprint density at radius 3 is 3.00 bits per heavy atom. The molecule has 6 nitrogen and oxygen atoms in total. The summed E-state index contributed by atoms with van der Waals surface area (Å²) in [6, 6.07) is 0. The average molecular weight is 242 g/mol. The molecule has 0 amide bonds. The minimum Gasteiger partial charge on any atom is -0.363 e. The van der Waals surface area contributed by atoms with Crippen LogP contribution in [0.2, 0.25) is 0 Å². The van der Waals surface area contributed by atoms with Crippen molar-refractivity contribution in [3.8, 4) is 0 Å². The quantitative estimate of drug-likeness (QED) is 0.702. The van der Waals surface area contributed by atoms with Gasteiger partial charge in [-0.05, 0) is 25.5 Å². The molecule has 1 aliphatic heterocycles. The molecule has 0 aliphatic carbocycles. The van der Waals surface area contributed by atoms with Crippen molar-refractivity contribution in [3.63, 3.8) is 0 Å². The van der Waals surface area contributed by atoms with E-state index in [0.29, 0.717) is 6.54 Å². The summed E-state index contributed by atoms with van der Waals surface area (Å²) < 4.78 is 0.157. The van der Waals surface area contributed by atoms with Crippen molar-refractivity contribution in [3.05, 3.63) is 20.8 Å². The van der Waals surface area contributed by atoms with Crippen LogP contribution in [0.3, 0.4) is 0 Å². The molecule has 0 bridgehead atoms. The number of aromatic amines is 2. The molecule has 1 aromatic heterocycles. The molecule has 0 radical (unpaired) electrons. The Morgan fingerprint density at radius 1 is 1.56 bits per heavy atom. The van der Waals surface area contributed by atoms with Crippen molar-refractivity contribution >= 4 is 17.6 Å². The van der Waals surface area contributed by atoms with Crippen LogP contribution in [0.5, 0.6) is 0 Å². The number of aromatic nitrogens is 3. The summed E-state index contributed by atoms with van der Waals surface area (Å²) in [6.45, 7) is 2.84. The van der Waals surface area contributed by atoms with Crippen LogP contribution in [0.4, 0.5) is 5.82 Å². The lowest BCUT2D eigenvalue weighted by Gasteiger charge is -2.22. The monoisotopic (exact) mass is 242 g/mol. The average Bonchev–Trinajstić information content (AvgIpc) is 2.64. The van der Waals surface area contributed by atoms with Crippen molar-refractivity contribution in [2.45, 2.75) is 24.5 Å². The lowest BCUT2D eigenvalue weighted by molar-refractivity contribution is 0.632. The van der Waals surface area contributed by atoms with Gasteiger partial charge in [0.05, 0.1) is 0 Å². The number of hydrogen-bond donors (Lipinski definition) is 3. The Balaban J connectivity index is 2.04. The second-order valence-electron chi connectivity index (χ2n) is 4.11. The summed E-state index contributed by atoms with van der Waals surface area (Å²) in [5.41, 5.74) is -1.06. The van der Waals surface area contributed by atoms with Gasteiger partial charge < -0.3 is 5.32 Å². The summed E-state index contributed by atoms with van der Waals surface area (Å²) in [5, 5.41) is 8.84. The van der Waals surface area contributed by atoms with Crippen LogP contribution < -0.4 is 16.6 Å². The fraction of sp³-hybridized carbons (Fsp3) is 0.667. The molecule has 3 N–H and O–H groups in total. The van der Waals surface area contributed by atoms with Gasteiger partial charge in [0.15, 0.2) is 0 Å². The molecule has 1 unspecified atom stereocenters. The van der Waals surface area contributed by atoms with Gasteiger partial charge in [-0.25, -0.2) is 9.89 Å². The van der Waals surface area contributed by atoms with E-state index in [2.05, 4.69) is 27.4 Å². The molecule has 0 saturated carbocycles. The lowest BCUT2D eigenvalue weighted by atomic mass is 10.1. The zero-order valence-electron chi connectivity index (χ0n) is 9.00. The van der Waals surface area contributed by atoms with Crippen LogP contribution in [0.15, 0.2) is 9.59 Å². The molecule has 1 atom stereocenters. The number of thioether (sulfide) groups is 1. The summed E-state index contributed by atoms with van der Waals surface area (Å²) in [5.74, 6) is 1.33. The Labute approximate surface area is 96.2 Å². The van der Waals surface area contributed by atoms with E-state index in [4.69, 9.17) is 0 Å². The van der Waals surface area contributed by atoms with Gasteiger partial charge >= 0.3 is 5.69 Å². The normalized spacial score (nSPS) is 24.6. The molecule has 1 aromatic rings. The fourth-order valence-corrected chi connectivity index (χ4v) is 2.96. The van der Waals surface area contributed by atoms with E-state index in [9.17, 15) is 9.59 Å². The topological polar surface area (TPSA) is 90.6 Å². The zero-order valence-corrected chi connectivity index (χ0v) is 9.82. The smallest absolute Gasteiger partial charge is 0.342 e. The van der Waals surface area contributed by atoms with E-state index in [0.717, 1.165) is 12.2 Å². The van der Waals surface area contributed by atoms with Crippen molar-refractivity contribution in [1.82, 2.24) is 15.2 Å². The maximum atomic E-state index is 11.3. The van der Waals surface area contributed by atoms with Crippen molar-refractivity contribution < 1.29 is 0 Å². The first-order valence-electron chi connectivity index (χ1n) is 5.16. The number of rotatable bonds is 3. The Kier molecular flexibility index (Phi) is 3.04. The highest BCUT2D eigenvalue weighted by Gasteiger charge is 2.29. The van der Waals surface area contributed by atoms with Gasteiger partial charge in [0, 0.05) is 11.3 Å². The van der Waals surface area contributed by atoms with E-state index in [1.54, 1.807) is 0 Å². The third kappa shape index (κ3) is 2.46. The summed E-state index contributed by atoms with van der Waals surface area (Å²) in [7, 11) is 0. The first kappa shape index (κ1) is 11.3. The largest absolute Gasteiger partial charge is 0.363 e. The predicted molar refractivity (Wildman–Crippen MR) is 64.1 cm³/mol. The number of anilines is 1. The molecular weight excluding hydrogens is 228 g/mol. The fourth-order valence-electron chi connectivity index (χ4n) is 1.71. The molecule has 0 aromatic carbocycles. The van der Waals surface area contributed by atoms with Gasteiger partial charge in [0.2, 0.25) is 5.82 Å². The van der Waals surface area contributed by atoms with Gasteiger partial charge in [-0.2, -0.15) is 11.8 Å². The van der Waals surface area contributed by atoms with Crippen molar-refractivity contribution in [2.24, 2.45) is 0 Å². The Bertz CT molecular complexity index is 475. The van der Waals surface area contributed by atoms with Crippen LogP contribution >= 0.6 is 11.8 Å². The Hall–Kier alpha value is -1.24. The minimum absolute atomic E-state index is 0.157. The molecule has 0 spiro atoms. The van der Waals surface area contributed by atoms with E-state index >= 15 is 0 Å². The molecule has 2 heterocycles. The summed E-state index contributed by atoms with van der Waals surface area (Å²) in [6.07, 6.45) is 2.34. The van der Waals surface area contributed by atoms with Gasteiger partial charge in [0.1, 0.15) is 0 Å². The molecule has 88 valence electrons. The molecule has 1 aliphatic rings. The van der Waals surface area contributed by atoms with E-state index in [1.165, 1.54) is 6.42 Å². The second kappa shape index (κ2) is 4.32. The third-order valence-electron chi connectivity index (χ3n) is 2.64. The highest BCUT2D eigenvalue weighted by Crippen LogP contribution is 2.37. The van der Waals surface area contributed by atoms with Crippen LogP contribution in [-0.4, -0.2) is 32.2 Å². The number of H-pyrrole nitrogens is 2. The first-order chi connectivity index (χ1) is 7.59. The SMILES string of the molecule is CC1(CNc2n[nH]c(=O)[nH]c2=O)CCCS1. The number of hydrogen-bond acceptors (Lipinski definition) is 5. The van der Waals surface area contributed by atoms with Gasteiger partial charge in [-0.1, -0.05) is 0 Å². The molecule has 1 fully saturated rings. The molecule has 1 saturated heterocycles. The molecule has 7 heteroatoms. The van der Waals surface area contributed by atoms with Gasteiger partial charge in [-0.15, -0.1) is 5.10 Å². The maximum absolute atomic E-state index is 11.3. The predicted octanol–water partition coefficient (Wildman–Crippen LogP) is 0.156. The summed E-state index contributed by atoms with van der Waals surface area (Å²) >= 11 is 1.90. The van der Waals surface area contributed by atoms with Crippen molar-refractivity contribution in [2.75, 3.05) is 17.6 Å². The standard InChI is InChI=1S/C9H14N4O2S/c1-9(3-2-4-16-9)5-10-6-7(14)11-8(15)13-12-6/h2-5H2,1H3,(H,10,12)(H2,11,13,14,15). The van der Waals surface area contributed by atoms with Crippen LogP contribution in [0.25, 0.3) is 0 Å². The molecule has 16 heavy (non-hydrogen) atoms. The highest BCUT2D eigenvalue weighted by atomic mass is 32.2. The molecular formula is C9H14N4O2S. The first-order valence-corrected chi connectivity index (χ1v) is 6.14. The second-order valence-corrected chi connectivity index (χ2v) is 5.79. The molecule has 2 rings (SSSR count). The number of nitrogens with one attached hydrogen (secondary N) is 3. The van der Waals surface area contributed by atoms with Crippen LogP contribution in [-0.2, 0) is 0 Å². The van der Waals surface area contributed by atoms with E-state index in [-0.39, 0.29) is 10.6 Å². The van der Waals surface area contributed by atoms with Gasteiger partial charge in [0.25, 0.3) is 5.56 Å². The number of nitrogens with zero attached hydrogens (tertiary/aromatic N) is 1. The zero-order chi connectivity index (χ0) is 11.6. The van der Waals surface area contributed by atoms with E-state index < -0.39 is 11.2 Å². The minimum atomic E-state index is -0.586. The lowest BCUT2D eigenvalue weighted by Crippen LogP contribution is -2.32. The summed E-state index contributed by atoms with van der Waals surface area (Å²) in [4.78, 5) is 24.2. The third-order valence-corrected chi connectivity index (χ3v) is 4.18. The van der Waals surface area contributed by atoms with Crippen LogP contribution in [0.1, 0.15) is 19.8 Å². The van der Waals surface area contributed by atoms with Crippen LogP contribution in [0, 0.1) is 0 Å². The maximum Gasteiger partial charge on any atom is 0.342 e. The van der Waals surface area contributed by atoms with Crippen molar-refractivity contribution in [1.29, 1.82) is 0 Å². The highest BCUT2D eigenvalue weighted by molar-refractivity contribution is 8.00. The van der Waals surface area contributed by atoms with E-state index in [1.807, 2.05) is 11.8 Å². The van der Waals surface area contributed by atoms with Gasteiger partial charge in [-0.3, -0.25) is 9.78 Å².